The van der Waals surface area contributed by atoms with Crippen molar-refractivity contribution in [1.82, 2.24) is 4.57 Å². The number of fused-ring (bicyclic) bond motifs is 1. The lowest BCUT2D eigenvalue weighted by Gasteiger charge is -1.96. The molecule has 0 aliphatic carbocycles. The molecular weight excluding hydrogens is 176 g/mol. The lowest BCUT2D eigenvalue weighted by Crippen LogP contribution is -2.02. The minimum Gasteiger partial charge on any atom is -0.386 e. The predicted octanol–water partition coefficient (Wildman–Crippen LogP) is 2.34. The van der Waals surface area contributed by atoms with Crippen molar-refractivity contribution in [2.45, 2.75) is 6.92 Å². The Bertz CT molecular complexity index is 485. The Morgan fingerprint density at radius 2 is 2.07 bits per heavy atom. The van der Waals surface area contributed by atoms with Gasteiger partial charge in [0.05, 0.1) is 11.2 Å². The first-order valence-corrected chi connectivity index (χ1v) is 4.53. The van der Waals surface area contributed by atoms with Gasteiger partial charge in [0.2, 0.25) is 5.91 Å². The van der Waals surface area contributed by atoms with Gasteiger partial charge in [0.25, 0.3) is 0 Å². The minimum atomic E-state index is 0.0303. The fraction of sp³-hybridized carbons (Fsp3) is 0.182. The van der Waals surface area contributed by atoms with Crippen molar-refractivity contribution >= 4 is 22.5 Å². The van der Waals surface area contributed by atoms with Crippen LogP contribution in [-0.2, 0) is 0 Å². The third-order valence-corrected chi connectivity index (χ3v) is 2.32. The van der Waals surface area contributed by atoms with Crippen LogP contribution in [0.15, 0.2) is 30.5 Å². The zero-order chi connectivity index (χ0) is 10.1. The SMILES string of the molecule is CNc1cn(C(C)=O)c2ccccc12. The van der Waals surface area contributed by atoms with E-state index >= 15 is 0 Å². The second kappa shape index (κ2) is 3.18. The Balaban J connectivity index is 2.80. The highest BCUT2D eigenvalue weighted by Gasteiger charge is 2.08. The van der Waals surface area contributed by atoms with Crippen molar-refractivity contribution in [2.24, 2.45) is 0 Å². The number of aromatic nitrogens is 1. The number of hydrogen-bond donors (Lipinski definition) is 1. The molecule has 14 heavy (non-hydrogen) atoms. The van der Waals surface area contributed by atoms with Crippen LogP contribution >= 0.6 is 0 Å². The number of nitrogens with one attached hydrogen (secondary N) is 1. The van der Waals surface area contributed by atoms with Crippen molar-refractivity contribution in [3.05, 3.63) is 30.5 Å². The van der Waals surface area contributed by atoms with Crippen molar-refractivity contribution in [3.63, 3.8) is 0 Å². The van der Waals surface area contributed by atoms with Gasteiger partial charge >= 0.3 is 0 Å². The van der Waals surface area contributed by atoms with Gasteiger partial charge in [0.15, 0.2) is 0 Å². The number of hydrogen-bond acceptors (Lipinski definition) is 2. The molecule has 2 aromatic rings. The standard InChI is InChI=1S/C11H12N2O/c1-8(14)13-7-10(12-2)9-5-3-4-6-11(9)13/h3-7,12H,1-2H3. The molecule has 0 aliphatic heterocycles. The van der Waals surface area contributed by atoms with Gasteiger partial charge in [-0.15, -0.1) is 0 Å². The molecule has 0 aliphatic rings. The fourth-order valence-corrected chi connectivity index (χ4v) is 1.64. The summed E-state index contributed by atoms with van der Waals surface area (Å²) in [5.74, 6) is 0.0303. The van der Waals surface area contributed by atoms with Crippen LogP contribution in [0.4, 0.5) is 5.69 Å². The lowest BCUT2D eigenvalue weighted by atomic mass is 10.2. The van der Waals surface area contributed by atoms with Crippen molar-refractivity contribution in [3.8, 4) is 0 Å². The molecule has 0 amide bonds. The third-order valence-electron chi connectivity index (χ3n) is 2.32. The zero-order valence-corrected chi connectivity index (χ0v) is 8.24. The van der Waals surface area contributed by atoms with Crippen LogP contribution in [0, 0.1) is 0 Å². The summed E-state index contributed by atoms with van der Waals surface area (Å²) in [6.07, 6.45) is 1.83. The van der Waals surface area contributed by atoms with E-state index in [1.807, 2.05) is 37.5 Å². The number of para-hydroxylation sites is 1. The van der Waals surface area contributed by atoms with Crippen LogP contribution in [0.1, 0.15) is 11.7 Å². The van der Waals surface area contributed by atoms with Gasteiger partial charge < -0.3 is 5.32 Å². The van der Waals surface area contributed by atoms with E-state index in [2.05, 4.69) is 5.32 Å². The van der Waals surface area contributed by atoms with Gasteiger partial charge in [0.1, 0.15) is 0 Å². The van der Waals surface area contributed by atoms with E-state index < -0.39 is 0 Å². The Kier molecular flexibility index (Phi) is 2.00. The maximum Gasteiger partial charge on any atom is 0.228 e. The van der Waals surface area contributed by atoms with Crippen molar-refractivity contribution in [1.29, 1.82) is 0 Å². The van der Waals surface area contributed by atoms with Crippen LogP contribution in [0.3, 0.4) is 0 Å². The summed E-state index contributed by atoms with van der Waals surface area (Å²) in [6, 6.07) is 7.84. The third kappa shape index (κ3) is 1.18. The number of carbonyl (C=O) groups is 1. The normalized spacial score (nSPS) is 10.4. The predicted molar refractivity (Wildman–Crippen MR) is 57.8 cm³/mol. The number of nitrogens with zero attached hydrogens (tertiary/aromatic N) is 1. The van der Waals surface area contributed by atoms with Gasteiger partial charge in [0, 0.05) is 25.6 Å². The average Bonchev–Trinajstić information content (AvgIpc) is 2.56. The molecule has 0 bridgehead atoms. The first-order valence-electron chi connectivity index (χ1n) is 4.53. The molecule has 1 heterocycles. The van der Waals surface area contributed by atoms with E-state index in [0.717, 1.165) is 16.6 Å². The zero-order valence-electron chi connectivity index (χ0n) is 8.24. The molecule has 3 nitrogen and oxygen atoms in total. The molecule has 0 atom stereocenters. The molecule has 0 radical (unpaired) electrons. The van der Waals surface area contributed by atoms with E-state index in [1.165, 1.54) is 0 Å². The van der Waals surface area contributed by atoms with E-state index in [4.69, 9.17) is 0 Å². The molecule has 1 aromatic heterocycles. The van der Waals surface area contributed by atoms with Gasteiger partial charge in [-0.3, -0.25) is 9.36 Å². The molecule has 0 saturated heterocycles. The lowest BCUT2D eigenvalue weighted by molar-refractivity contribution is 0.0942. The highest BCUT2D eigenvalue weighted by atomic mass is 16.1. The van der Waals surface area contributed by atoms with Crippen LogP contribution in [0.5, 0.6) is 0 Å². The van der Waals surface area contributed by atoms with Crippen LogP contribution < -0.4 is 5.32 Å². The van der Waals surface area contributed by atoms with Crippen LogP contribution in [0.2, 0.25) is 0 Å². The minimum absolute atomic E-state index is 0.0303. The van der Waals surface area contributed by atoms with E-state index in [1.54, 1.807) is 11.5 Å². The van der Waals surface area contributed by atoms with E-state index in [0.29, 0.717) is 0 Å². The smallest absolute Gasteiger partial charge is 0.228 e. The molecule has 3 heteroatoms. The Labute approximate surface area is 82.3 Å². The number of benzene rings is 1. The van der Waals surface area contributed by atoms with Gasteiger partial charge in [-0.1, -0.05) is 18.2 Å². The topological polar surface area (TPSA) is 34.0 Å². The summed E-state index contributed by atoms with van der Waals surface area (Å²) in [7, 11) is 1.85. The molecule has 0 fully saturated rings. The second-order valence-corrected chi connectivity index (χ2v) is 3.20. The maximum absolute atomic E-state index is 11.3. The summed E-state index contributed by atoms with van der Waals surface area (Å²) in [4.78, 5) is 11.3. The highest BCUT2D eigenvalue weighted by molar-refractivity contribution is 5.99. The van der Waals surface area contributed by atoms with Gasteiger partial charge in [-0.05, 0) is 6.07 Å². The van der Waals surface area contributed by atoms with Gasteiger partial charge in [-0.2, -0.15) is 0 Å². The summed E-state index contributed by atoms with van der Waals surface area (Å²) in [5.41, 5.74) is 1.93. The number of anilines is 1. The maximum atomic E-state index is 11.3. The summed E-state index contributed by atoms with van der Waals surface area (Å²) < 4.78 is 1.65. The highest BCUT2D eigenvalue weighted by Crippen LogP contribution is 2.24. The Morgan fingerprint density at radius 1 is 1.36 bits per heavy atom. The quantitative estimate of drug-likeness (QED) is 0.745. The first kappa shape index (κ1) is 8.81. The summed E-state index contributed by atoms with van der Waals surface area (Å²) >= 11 is 0. The molecule has 0 unspecified atom stereocenters. The Morgan fingerprint density at radius 3 is 2.71 bits per heavy atom. The fourth-order valence-electron chi connectivity index (χ4n) is 1.64. The number of carbonyl (C=O) groups excluding carboxylic acids is 1. The first-order chi connectivity index (χ1) is 6.74. The molecular formula is C11H12N2O. The van der Waals surface area contributed by atoms with Gasteiger partial charge in [-0.25, -0.2) is 0 Å². The molecule has 0 spiro atoms. The average molecular weight is 188 g/mol. The van der Waals surface area contributed by atoms with E-state index in [9.17, 15) is 4.79 Å². The second-order valence-electron chi connectivity index (χ2n) is 3.20. The molecule has 1 N–H and O–H groups in total. The monoisotopic (exact) mass is 188 g/mol. The Hall–Kier alpha value is -1.77. The van der Waals surface area contributed by atoms with Crippen LogP contribution in [-0.4, -0.2) is 17.5 Å². The molecule has 0 saturated carbocycles. The van der Waals surface area contributed by atoms with Crippen LogP contribution in [0.25, 0.3) is 10.9 Å². The van der Waals surface area contributed by atoms with E-state index in [-0.39, 0.29) is 5.91 Å². The number of rotatable bonds is 1. The molecule has 72 valence electrons. The summed E-state index contributed by atoms with van der Waals surface area (Å²) in [6.45, 7) is 1.56. The van der Waals surface area contributed by atoms with Crippen molar-refractivity contribution < 1.29 is 4.79 Å². The largest absolute Gasteiger partial charge is 0.386 e. The molecule has 2 rings (SSSR count). The summed E-state index contributed by atoms with van der Waals surface area (Å²) in [5, 5.41) is 4.15. The van der Waals surface area contributed by atoms with Crippen molar-refractivity contribution in [2.75, 3.05) is 12.4 Å². The molecule has 1 aromatic carbocycles.